The Labute approximate surface area is 181 Å². The number of benzene rings is 2. The van der Waals surface area contributed by atoms with Crippen molar-refractivity contribution in [3.63, 3.8) is 0 Å². The molecule has 30 heavy (non-hydrogen) atoms. The van der Waals surface area contributed by atoms with E-state index in [0.717, 1.165) is 4.90 Å². The Bertz CT molecular complexity index is 1230. The van der Waals surface area contributed by atoms with E-state index in [9.17, 15) is 14.4 Å². The van der Waals surface area contributed by atoms with E-state index in [1.807, 2.05) is 0 Å². The molecule has 0 saturated carbocycles. The molecule has 0 radical (unpaired) electrons. The fraction of sp³-hybridized carbons (Fsp3) is 0.0455. The molecule has 150 valence electrons. The molecular weight excluding hydrogens is 427 g/mol. The topological polar surface area (TPSA) is 79.6 Å². The maximum absolute atomic E-state index is 12.2. The van der Waals surface area contributed by atoms with Gasteiger partial charge < -0.3 is 9.73 Å². The molecule has 3 aromatic rings. The Morgan fingerprint density at radius 3 is 2.57 bits per heavy atom. The normalized spacial score (nSPS) is 13.2. The number of nitrogens with zero attached hydrogens (tertiary/aromatic N) is 1. The van der Waals surface area contributed by atoms with Crippen LogP contribution in [0.15, 0.2) is 59.0 Å². The molecule has 2 heterocycles. The lowest BCUT2D eigenvalue weighted by atomic mass is 10.1. The Hall–Kier alpha value is -3.35. The number of imide groups is 1. The van der Waals surface area contributed by atoms with Crippen LogP contribution in [0.3, 0.4) is 0 Å². The van der Waals surface area contributed by atoms with Crippen molar-refractivity contribution >= 4 is 52.7 Å². The molecule has 2 aromatic carbocycles. The molecule has 3 amide bonds. The minimum absolute atomic E-state index is 0.262. The zero-order chi connectivity index (χ0) is 21.4. The zero-order valence-corrected chi connectivity index (χ0v) is 17.1. The van der Waals surface area contributed by atoms with Crippen LogP contribution in [0.1, 0.15) is 26.5 Å². The van der Waals surface area contributed by atoms with Gasteiger partial charge in [-0.15, -0.1) is 0 Å². The van der Waals surface area contributed by atoms with E-state index in [2.05, 4.69) is 5.32 Å². The molecule has 0 bridgehead atoms. The van der Waals surface area contributed by atoms with Gasteiger partial charge in [-0.3, -0.25) is 19.3 Å². The van der Waals surface area contributed by atoms with Gasteiger partial charge in [0.1, 0.15) is 11.5 Å². The van der Waals surface area contributed by atoms with Gasteiger partial charge in [0.25, 0.3) is 11.8 Å². The van der Waals surface area contributed by atoms with Crippen LogP contribution in [0, 0.1) is 0 Å². The Morgan fingerprint density at radius 2 is 1.77 bits per heavy atom. The monoisotopic (exact) mass is 440 g/mol. The number of anilines is 1. The Morgan fingerprint density at radius 1 is 1.00 bits per heavy atom. The van der Waals surface area contributed by atoms with Gasteiger partial charge in [-0.05, 0) is 48.5 Å². The van der Waals surface area contributed by atoms with Crippen LogP contribution < -0.4 is 5.32 Å². The van der Waals surface area contributed by atoms with E-state index in [1.54, 1.807) is 36.4 Å². The van der Waals surface area contributed by atoms with Gasteiger partial charge in [0.05, 0.1) is 21.2 Å². The van der Waals surface area contributed by atoms with Gasteiger partial charge in [0, 0.05) is 24.4 Å². The quantitative estimate of drug-likeness (QED) is 0.450. The molecule has 0 saturated heterocycles. The summed E-state index contributed by atoms with van der Waals surface area (Å²) in [7, 11) is 1.42. The lowest BCUT2D eigenvalue weighted by Crippen LogP contribution is -2.24. The molecule has 0 unspecified atom stereocenters. The molecule has 1 aliphatic rings. The van der Waals surface area contributed by atoms with E-state index in [0.29, 0.717) is 38.4 Å². The second kappa shape index (κ2) is 7.82. The number of hydrogen-bond acceptors (Lipinski definition) is 4. The van der Waals surface area contributed by atoms with Crippen molar-refractivity contribution in [3.8, 4) is 11.3 Å². The first-order chi connectivity index (χ1) is 14.3. The van der Waals surface area contributed by atoms with Crippen LogP contribution in [0.2, 0.25) is 10.0 Å². The molecule has 1 aromatic heterocycles. The van der Waals surface area contributed by atoms with E-state index in [1.165, 1.54) is 31.3 Å². The largest absolute Gasteiger partial charge is 0.457 e. The number of carbonyl (C=O) groups excluding carboxylic acids is 3. The fourth-order valence-corrected chi connectivity index (χ4v) is 3.46. The van der Waals surface area contributed by atoms with Crippen molar-refractivity contribution in [1.82, 2.24) is 4.90 Å². The summed E-state index contributed by atoms with van der Waals surface area (Å²) in [5.74, 6) is -0.203. The summed E-state index contributed by atoms with van der Waals surface area (Å²) in [4.78, 5) is 37.3. The first-order valence-corrected chi connectivity index (χ1v) is 9.60. The van der Waals surface area contributed by atoms with E-state index in [-0.39, 0.29) is 11.5 Å². The van der Waals surface area contributed by atoms with E-state index >= 15 is 0 Å². The van der Waals surface area contributed by atoms with Crippen LogP contribution in [0.4, 0.5) is 5.69 Å². The number of hydrogen-bond donors (Lipinski definition) is 1. The number of nitrogens with one attached hydrogen (secondary N) is 1. The third-order valence-electron chi connectivity index (χ3n) is 4.60. The summed E-state index contributed by atoms with van der Waals surface area (Å²) in [6.07, 6.45) is 2.81. The smallest absolute Gasteiger partial charge is 0.261 e. The predicted octanol–water partition coefficient (Wildman–Crippen LogP) is 5.13. The number of carbonyl (C=O) groups is 3. The lowest BCUT2D eigenvalue weighted by molar-refractivity contribution is -0.111. The van der Waals surface area contributed by atoms with Crippen molar-refractivity contribution in [2.45, 2.75) is 0 Å². The number of rotatable bonds is 4. The second-order valence-electron chi connectivity index (χ2n) is 6.56. The molecule has 0 atom stereocenters. The highest BCUT2D eigenvalue weighted by Gasteiger charge is 2.32. The third kappa shape index (κ3) is 3.63. The molecule has 0 fully saturated rings. The molecule has 4 rings (SSSR count). The van der Waals surface area contributed by atoms with Crippen molar-refractivity contribution in [2.24, 2.45) is 0 Å². The average Bonchev–Trinajstić information content (AvgIpc) is 3.28. The average molecular weight is 441 g/mol. The van der Waals surface area contributed by atoms with Gasteiger partial charge in [0.2, 0.25) is 5.91 Å². The summed E-state index contributed by atoms with van der Waals surface area (Å²) in [6.45, 7) is 0. The molecule has 1 aliphatic heterocycles. The molecule has 8 heteroatoms. The Balaban J connectivity index is 1.47. The van der Waals surface area contributed by atoms with Crippen molar-refractivity contribution < 1.29 is 18.8 Å². The van der Waals surface area contributed by atoms with Gasteiger partial charge in [-0.1, -0.05) is 29.3 Å². The number of furan rings is 1. The van der Waals surface area contributed by atoms with Gasteiger partial charge in [-0.2, -0.15) is 0 Å². The number of amides is 3. The fourth-order valence-electron chi connectivity index (χ4n) is 3.06. The molecular formula is C22H14Cl2N2O4. The Kier molecular flexibility index (Phi) is 5.20. The van der Waals surface area contributed by atoms with Crippen molar-refractivity contribution in [3.05, 3.63) is 81.5 Å². The van der Waals surface area contributed by atoms with E-state index in [4.69, 9.17) is 27.6 Å². The molecule has 1 N–H and O–H groups in total. The lowest BCUT2D eigenvalue weighted by Gasteiger charge is -2.03. The number of halogens is 2. The van der Waals surface area contributed by atoms with Crippen LogP contribution >= 0.6 is 23.2 Å². The molecule has 0 spiro atoms. The highest BCUT2D eigenvalue weighted by atomic mass is 35.5. The molecule has 0 aliphatic carbocycles. The highest BCUT2D eigenvalue weighted by molar-refractivity contribution is 6.43. The van der Waals surface area contributed by atoms with Crippen LogP contribution in [-0.4, -0.2) is 29.7 Å². The maximum atomic E-state index is 12.2. The van der Waals surface area contributed by atoms with Gasteiger partial charge in [0.15, 0.2) is 0 Å². The minimum atomic E-state index is -0.418. The van der Waals surface area contributed by atoms with Crippen molar-refractivity contribution in [2.75, 3.05) is 12.4 Å². The number of fused-ring (bicyclic) bond motifs is 1. The predicted molar refractivity (Wildman–Crippen MR) is 115 cm³/mol. The highest BCUT2D eigenvalue weighted by Crippen LogP contribution is 2.34. The van der Waals surface area contributed by atoms with E-state index < -0.39 is 11.8 Å². The first-order valence-electron chi connectivity index (χ1n) is 8.85. The maximum Gasteiger partial charge on any atom is 0.261 e. The summed E-state index contributed by atoms with van der Waals surface area (Å²) in [5.41, 5.74) is 1.64. The SMILES string of the molecule is CN1C(=O)c2ccc(NC(=O)/C=C/c3ccc(-c4cccc(Cl)c4Cl)o3)cc2C1=O. The van der Waals surface area contributed by atoms with Gasteiger partial charge in [-0.25, -0.2) is 0 Å². The second-order valence-corrected chi connectivity index (χ2v) is 7.34. The van der Waals surface area contributed by atoms with Gasteiger partial charge >= 0.3 is 0 Å². The first kappa shape index (κ1) is 19.9. The standard InChI is InChI=1S/C22H14Cl2N2O4/c1-26-21(28)14-8-5-12(11-16(14)22(26)29)25-19(27)10-7-13-6-9-18(30-13)15-3-2-4-17(23)20(15)24/h2-11H,1H3,(H,25,27)/b10-7+. The summed E-state index contributed by atoms with van der Waals surface area (Å²) in [6, 6.07) is 13.2. The third-order valence-corrected chi connectivity index (χ3v) is 5.42. The van der Waals surface area contributed by atoms with Crippen LogP contribution in [0.5, 0.6) is 0 Å². The zero-order valence-electron chi connectivity index (χ0n) is 15.6. The van der Waals surface area contributed by atoms with Crippen LogP contribution in [0.25, 0.3) is 17.4 Å². The van der Waals surface area contributed by atoms with Crippen molar-refractivity contribution in [1.29, 1.82) is 0 Å². The minimum Gasteiger partial charge on any atom is -0.457 e. The van der Waals surface area contributed by atoms with Crippen LogP contribution in [-0.2, 0) is 4.79 Å². The summed E-state index contributed by atoms with van der Waals surface area (Å²) in [5, 5.41) is 3.46. The molecule has 6 nitrogen and oxygen atoms in total. The summed E-state index contributed by atoms with van der Waals surface area (Å²) < 4.78 is 5.71. The summed E-state index contributed by atoms with van der Waals surface area (Å²) >= 11 is 12.2.